The average Bonchev–Trinajstić information content (AvgIpc) is 3.02. The monoisotopic (exact) mass is 528 g/mol. The molecule has 2 aromatic rings. The van der Waals surface area contributed by atoms with Crippen LogP contribution in [0, 0.1) is 0 Å². The largest absolute Gasteiger partial charge is 0.449 e. The Hall–Kier alpha value is -2.96. The number of anilines is 1. The molecule has 4 nitrogen and oxygen atoms in total. The van der Waals surface area contributed by atoms with Crippen LogP contribution in [-0.4, -0.2) is 25.3 Å². The number of hydrogen-bond donors (Lipinski definition) is 1. The molecule has 36 heavy (non-hydrogen) atoms. The molecule has 3 rings (SSSR count). The minimum absolute atomic E-state index is 0.0221. The summed E-state index contributed by atoms with van der Waals surface area (Å²) in [5.74, 6) is -0.612. The summed E-state index contributed by atoms with van der Waals surface area (Å²) in [6, 6.07) is 3.35. The zero-order valence-electron chi connectivity index (χ0n) is 18.9. The molecule has 1 amide bonds. The molecule has 2 unspecified atom stereocenters. The highest BCUT2D eigenvalue weighted by Crippen LogP contribution is 2.44. The molecule has 1 aliphatic rings. The summed E-state index contributed by atoms with van der Waals surface area (Å²) in [7, 11) is 0. The van der Waals surface area contributed by atoms with Gasteiger partial charge in [0.05, 0.1) is 29.0 Å². The minimum Gasteiger partial charge on any atom is -0.449 e. The fraction of sp³-hybridized carbons (Fsp3) is 0.435. The second-order valence-corrected chi connectivity index (χ2v) is 8.23. The number of alkyl halides is 9. The predicted octanol–water partition coefficient (Wildman–Crippen LogP) is 6.98. The van der Waals surface area contributed by atoms with E-state index >= 15 is 0 Å². The summed E-state index contributed by atoms with van der Waals surface area (Å²) < 4.78 is 123. The Morgan fingerprint density at radius 2 is 1.44 bits per heavy atom. The normalized spacial score (nSPS) is 18.4. The van der Waals surface area contributed by atoms with Gasteiger partial charge in [-0.25, -0.2) is 4.79 Å². The van der Waals surface area contributed by atoms with Gasteiger partial charge in [0, 0.05) is 25.0 Å². The van der Waals surface area contributed by atoms with Gasteiger partial charge in [0.25, 0.3) is 0 Å². The van der Waals surface area contributed by atoms with Crippen molar-refractivity contribution < 1.29 is 49.0 Å². The van der Waals surface area contributed by atoms with Crippen molar-refractivity contribution in [3.8, 4) is 0 Å². The highest BCUT2D eigenvalue weighted by molar-refractivity contribution is 5.92. The maximum absolute atomic E-state index is 13.2. The molecule has 1 N–H and O–H groups in total. The van der Waals surface area contributed by atoms with Crippen LogP contribution in [0.5, 0.6) is 0 Å². The summed E-state index contributed by atoms with van der Waals surface area (Å²) in [6.07, 6.45) is -15.5. The molecule has 0 bridgehead atoms. The van der Waals surface area contributed by atoms with Crippen LogP contribution in [0.4, 0.5) is 50.0 Å². The second-order valence-electron chi connectivity index (χ2n) is 8.23. The van der Waals surface area contributed by atoms with Gasteiger partial charge in [-0.3, -0.25) is 4.90 Å². The fourth-order valence-corrected chi connectivity index (χ4v) is 4.13. The van der Waals surface area contributed by atoms with Crippen molar-refractivity contribution in [1.29, 1.82) is 0 Å². The van der Waals surface area contributed by atoms with Crippen molar-refractivity contribution in [2.75, 3.05) is 18.1 Å². The van der Waals surface area contributed by atoms with Crippen molar-refractivity contribution in [2.24, 2.45) is 0 Å². The van der Waals surface area contributed by atoms with Crippen LogP contribution in [0.1, 0.15) is 47.6 Å². The lowest BCUT2D eigenvalue weighted by Gasteiger charge is -2.25. The number of amides is 1. The van der Waals surface area contributed by atoms with Gasteiger partial charge >= 0.3 is 24.6 Å². The van der Waals surface area contributed by atoms with Gasteiger partial charge in [0.2, 0.25) is 0 Å². The standard InChI is InChI=1S/C23H21F9N2O2/c1-3-36-20(35)34-12(2)18(17-5-4-14(9-19(17)34)21(24,25)26)11-33-10-13-6-15(22(27,28)29)8-16(7-13)23(30,31)32/h4-9,12,18,33H,3,10-11H2,1-2H3. The summed E-state index contributed by atoms with van der Waals surface area (Å²) in [5, 5.41) is 2.77. The first-order chi connectivity index (χ1) is 16.5. The van der Waals surface area contributed by atoms with E-state index in [1.165, 1.54) is 13.0 Å². The SMILES string of the molecule is CCOC(=O)N1c2cc(C(F)(F)F)ccc2C(CNCc2cc(C(F)(F)F)cc(C(F)(F)F)c2)C1C. The molecule has 13 heteroatoms. The molecule has 2 aromatic carbocycles. The van der Waals surface area contributed by atoms with E-state index in [0.29, 0.717) is 17.7 Å². The van der Waals surface area contributed by atoms with E-state index in [4.69, 9.17) is 4.74 Å². The first-order valence-electron chi connectivity index (χ1n) is 10.7. The number of benzene rings is 2. The van der Waals surface area contributed by atoms with Crippen LogP contribution in [0.15, 0.2) is 36.4 Å². The Balaban J connectivity index is 1.87. The Morgan fingerprint density at radius 1 is 0.889 bits per heavy atom. The van der Waals surface area contributed by atoms with Gasteiger partial charge in [0.15, 0.2) is 0 Å². The Labute approximate surface area is 200 Å². The summed E-state index contributed by atoms with van der Waals surface area (Å²) in [5.41, 5.74) is -3.85. The van der Waals surface area contributed by atoms with Crippen LogP contribution < -0.4 is 10.2 Å². The Kier molecular flexibility index (Phi) is 7.54. The summed E-state index contributed by atoms with van der Waals surface area (Å²) in [6.45, 7) is 2.62. The van der Waals surface area contributed by atoms with Crippen LogP contribution in [0.25, 0.3) is 0 Å². The topological polar surface area (TPSA) is 41.6 Å². The number of nitrogens with one attached hydrogen (secondary N) is 1. The van der Waals surface area contributed by atoms with Crippen molar-refractivity contribution >= 4 is 11.8 Å². The Bertz CT molecular complexity index is 1080. The molecule has 0 saturated carbocycles. The molecular formula is C23H21F9N2O2. The van der Waals surface area contributed by atoms with Gasteiger partial charge in [0.1, 0.15) is 0 Å². The average molecular weight is 528 g/mol. The molecule has 0 saturated heterocycles. The summed E-state index contributed by atoms with van der Waals surface area (Å²) >= 11 is 0. The van der Waals surface area contributed by atoms with Gasteiger partial charge in [-0.1, -0.05) is 6.07 Å². The van der Waals surface area contributed by atoms with E-state index in [0.717, 1.165) is 17.0 Å². The molecule has 198 valence electrons. The minimum atomic E-state index is -4.99. The van der Waals surface area contributed by atoms with E-state index in [1.54, 1.807) is 6.92 Å². The lowest BCUT2D eigenvalue weighted by molar-refractivity contribution is -0.143. The Morgan fingerprint density at radius 3 is 1.94 bits per heavy atom. The highest BCUT2D eigenvalue weighted by Gasteiger charge is 2.42. The molecule has 1 heterocycles. The molecule has 0 aromatic heterocycles. The maximum Gasteiger partial charge on any atom is 0.416 e. The maximum atomic E-state index is 13.2. The first-order valence-corrected chi connectivity index (χ1v) is 10.7. The van der Waals surface area contributed by atoms with Gasteiger partial charge < -0.3 is 10.1 Å². The van der Waals surface area contributed by atoms with Crippen molar-refractivity contribution in [3.05, 3.63) is 64.2 Å². The van der Waals surface area contributed by atoms with Crippen molar-refractivity contribution in [2.45, 2.75) is 50.9 Å². The predicted molar refractivity (Wildman–Crippen MR) is 111 cm³/mol. The molecular weight excluding hydrogens is 507 g/mol. The molecule has 0 fully saturated rings. The lowest BCUT2D eigenvalue weighted by atomic mass is 9.95. The first kappa shape index (κ1) is 27.6. The smallest absolute Gasteiger partial charge is 0.416 e. The van der Waals surface area contributed by atoms with Crippen molar-refractivity contribution in [3.63, 3.8) is 0 Å². The molecule has 0 radical (unpaired) electrons. The number of fused-ring (bicyclic) bond motifs is 1. The number of carbonyl (C=O) groups excluding carboxylic acids is 1. The molecule has 2 atom stereocenters. The lowest BCUT2D eigenvalue weighted by Crippen LogP contribution is -2.39. The van der Waals surface area contributed by atoms with Gasteiger partial charge in [-0.05, 0) is 55.3 Å². The van der Waals surface area contributed by atoms with Gasteiger partial charge in [-0.2, -0.15) is 39.5 Å². The van der Waals surface area contributed by atoms with Crippen molar-refractivity contribution in [1.82, 2.24) is 5.32 Å². The summed E-state index contributed by atoms with van der Waals surface area (Å²) in [4.78, 5) is 13.5. The highest BCUT2D eigenvalue weighted by atomic mass is 19.4. The van der Waals surface area contributed by atoms with Gasteiger partial charge in [-0.15, -0.1) is 0 Å². The molecule has 0 spiro atoms. The fourth-order valence-electron chi connectivity index (χ4n) is 4.13. The zero-order chi connectivity index (χ0) is 27.1. The zero-order valence-corrected chi connectivity index (χ0v) is 18.9. The number of ether oxygens (including phenoxy) is 1. The molecule has 0 aliphatic carbocycles. The molecule has 1 aliphatic heterocycles. The van der Waals surface area contributed by atoms with E-state index in [1.807, 2.05) is 0 Å². The number of carbonyl (C=O) groups is 1. The number of halogens is 9. The van der Waals surface area contributed by atoms with E-state index in [2.05, 4.69) is 5.32 Å². The van der Waals surface area contributed by atoms with E-state index in [9.17, 15) is 44.3 Å². The number of rotatable bonds is 5. The van der Waals surface area contributed by atoms with E-state index in [-0.39, 0.29) is 37.0 Å². The number of nitrogens with zero attached hydrogens (tertiary/aromatic N) is 1. The third-order valence-electron chi connectivity index (χ3n) is 5.81. The van der Waals surface area contributed by atoms with Crippen LogP contribution in [0.3, 0.4) is 0 Å². The van der Waals surface area contributed by atoms with Crippen LogP contribution in [-0.2, 0) is 29.8 Å². The third-order valence-corrected chi connectivity index (χ3v) is 5.81. The van der Waals surface area contributed by atoms with E-state index < -0.39 is 53.3 Å². The number of hydrogen-bond acceptors (Lipinski definition) is 3. The van der Waals surface area contributed by atoms with Crippen LogP contribution in [0.2, 0.25) is 0 Å². The second kappa shape index (κ2) is 9.83. The van der Waals surface area contributed by atoms with Crippen LogP contribution >= 0.6 is 0 Å². The quantitative estimate of drug-likeness (QED) is 0.426. The third kappa shape index (κ3) is 5.88.